The number of fused-ring (bicyclic) bond motifs is 3. The molecule has 0 amide bonds. The van der Waals surface area contributed by atoms with Gasteiger partial charge in [0.15, 0.2) is 5.96 Å². The van der Waals surface area contributed by atoms with E-state index in [-0.39, 0.29) is 24.0 Å². The van der Waals surface area contributed by atoms with Gasteiger partial charge in [0.05, 0.1) is 0 Å². The molecule has 1 saturated heterocycles. The van der Waals surface area contributed by atoms with Crippen LogP contribution in [0.25, 0.3) is 0 Å². The number of halogens is 1. The fraction of sp³-hybridized carbons (Fsp3) is 0.667. The summed E-state index contributed by atoms with van der Waals surface area (Å²) in [6.45, 7) is 10.2. The van der Waals surface area contributed by atoms with Crippen molar-refractivity contribution in [1.29, 1.82) is 0 Å². The Hall–Kier alpha value is -0.820. The van der Waals surface area contributed by atoms with Crippen molar-refractivity contribution in [2.45, 2.75) is 45.2 Å². The first-order valence-corrected chi connectivity index (χ1v) is 9.87. The third kappa shape index (κ3) is 3.75. The molecule has 144 valence electrons. The highest BCUT2D eigenvalue weighted by Gasteiger charge is 2.54. The zero-order chi connectivity index (χ0) is 17.6. The molecule has 2 aliphatic carbocycles. The van der Waals surface area contributed by atoms with Crippen LogP contribution in [0.5, 0.6) is 0 Å². The summed E-state index contributed by atoms with van der Waals surface area (Å²) in [6.07, 6.45) is 1.27. The van der Waals surface area contributed by atoms with Gasteiger partial charge in [-0.2, -0.15) is 0 Å². The SMILES string of the molecule is CN=C(NCC1C2Cc3ccccc3C12)NC1CN(C(C)C)CC1C.I. The van der Waals surface area contributed by atoms with Crippen LogP contribution in [-0.2, 0) is 6.42 Å². The summed E-state index contributed by atoms with van der Waals surface area (Å²) in [5, 5.41) is 7.27. The van der Waals surface area contributed by atoms with Crippen molar-refractivity contribution in [2.24, 2.45) is 22.7 Å². The average Bonchev–Trinajstić information content (AvgIpc) is 2.95. The Kier molecular flexibility index (Phi) is 6.17. The Morgan fingerprint density at radius 1 is 1.27 bits per heavy atom. The highest BCUT2D eigenvalue weighted by molar-refractivity contribution is 14.0. The van der Waals surface area contributed by atoms with Crippen molar-refractivity contribution in [3.05, 3.63) is 35.4 Å². The molecular weight excluding hydrogens is 435 g/mol. The maximum Gasteiger partial charge on any atom is 0.191 e. The van der Waals surface area contributed by atoms with Crippen LogP contribution in [0, 0.1) is 17.8 Å². The van der Waals surface area contributed by atoms with Gasteiger partial charge in [0.25, 0.3) is 0 Å². The van der Waals surface area contributed by atoms with Gasteiger partial charge in [-0.3, -0.25) is 9.89 Å². The van der Waals surface area contributed by atoms with Crippen molar-refractivity contribution < 1.29 is 0 Å². The van der Waals surface area contributed by atoms with Crippen LogP contribution in [0.15, 0.2) is 29.3 Å². The second kappa shape index (κ2) is 8.05. The number of hydrogen-bond acceptors (Lipinski definition) is 2. The number of benzene rings is 1. The number of rotatable bonds is 4. The Labute approximate surface area is 175 Å². The summed E-state index contributed by atoms with van der Waals surface area (Å²) in [5.41, 5.74) is 3.17. The van der Waals surface area contributed by atoms with E-state index in [9.17, 15) is 0 Å². The fourth-order valence-corrected chi connectivity index (χ4v) is 4.96. The molecule has 2 N–H and O–H groups in total. The highest BCUT2D eigenvalue weighted by Crippen LogP contribution is 2.60. The molecule has 0 spiro atoms. The van der Waals surface area contributed by atoms with Gasteiger partial charge >= 0.3 is 0 Å². The second-order valence-corrected chi connectivity index (χ2v) is 8.49. The van der Waals surface area contributed by atoms with Crippen LogP contribution in [-0.4, -0.2) is 49.6 Å². The Bertz CT molecular complexity index is 659. The van der Waals surface area contributed by atoms with E-state index < -0.39 is 0 Å². The molecule has 4 rings (SSSR count). The van der Waals surface area contributed by atoms with Gasteiger partial charge in [-0.15, -0.1) is 24.0 Å². The number of hydrogen-bond donors (Lipinski definition) is 2. The van der Waals surface area contributed by atoms with Crippen LogP contribution < -0.4 is 10.6 Å². The van der Waals surface area contributed by atoms with E-state index in [1.807, 2.05) is 7.05 Å². The lowest BCUT2D eigenvalue weighted by Gasteiger charge is -2.22. The summed E-state index contributed by atoms with van der Waals surface area (Å²) in [5.74, 6) is 4.05. The van der Waals surface area contributed by atoms with Crippen molar-refractivity contribution in [3.63, 3.8) is 0 Å². The number of nitrogens with zero attached hydrogens (tertiary/aromatic N) is 2. The number of likely N-dealkylation sites (tertiary alicyclic amines) is 1. The molecule has 5 atom stereocenters. The maximum atomic E-state index is 4.47. The minimum atomic E-state index is 0. The van der Waals surface area contributed by atoms with Gasteiger partial charge in [-0.05, 0) is 55.1 Å². The van der Waals surface area contributed by atoms with Crippen molar-refractivity contribution >= 4 is 29.9 Å². The molecule has 1 heterocycles. The molecule has 0 radical (unpaired) electrons. The van der Waals surface area contributed by atoms with E-state index in [2.05, 4.69) is 65.6 Å². The smallest absolute Gasteiger partial charge is 0.191 e. The molecule has 5 heteroatoms. The Morgan fingerprint density at radius 2 is 2.04 bits per heavy atom. The molecule has 1 aromatic carbocycles. The molecule has 5 unspecified atom stereocenters. The summed E-state index contributed by atoms with van der Waals surface area (Å²) in [6, 6.07) is 10.1. The third-order valence-corrected chi connectivity index (χ3v) is 6.62. The number of aliphatic imine (C=N–C) groups is 1. The lowest BCUT2D eigenvalue weighted by Crippen LogP contribution is -2.47. The van der Waals surface area contributed by atoms with Crippen LogP contribution in [0.3, 0.4) is 0 Å². The molecule has 1 saturated carbocycles. The molecule has 1 aromatic rings. The van der Waals surface area contributed by atoms with E-state index >= 15 is 0 Å². The standard InChI is InChI=1S/C21H32N4.HI/c1-13(2)25-11-14(3)19(12-25)24-21(22-4)23-10-18-17-9-15-7-5-6-8-16(15)20(17)18;/h5-8,13-14,17-20H,9-12H2,1-4H3,(H2,22,23,24);1H. The van der Waals surface area contributed by atoms with Crippen molar-refractivity contribution in [2.75, 3.05) is 26.7 Å². The summed E-state index contributed by atoms with van der Waals surface area (Å²) in [7, 11) is 1.89. The lowest BCUT2D eigenvalue weighted by atomic mass is 10.0. The third-order valence-electron chi connectivity index (χ3n) is 6.62. The van der Waals surface area contributed by atoms with Crippen molar-refractivity contribution in [1.82, 2.24) is 15.5 Å². The number of guanidine groups is 1. The Morgan fingerprint density at radius 3 is 2.73 bits per heavy atom. The molecule has 4 nitrogen and oxygen atoms in total. The minimum absolute atomic E-state index is 0. The first kappa shape index (κ1) is 19.9. The first-order valence-electron chi connectivity index (χ1n) is 9.87. The van der Waals surface area contributed by atoms with Gasteiger partial charge < -0.3 is 10.6 Å². The lowest BCUT2D eigenvalue weighted by molar-refractivity contribution is 0.265. The predicted molar refractivity (Wildman–Crippen MR) is 119 cm³/mol. The topological polar surface area (TPSA) is 39.7 Å². The van der Waals surface area contributed by atoms with E-state index in [1.165, 1.54) is 13.0 Å². The zero-order valence-corrected chi connectivity index (χ0v) is 18.7. The zero-order valence-electron chi connectivity index (χ0n) is 16.4. The normalized spacial score (nSPS) is 32.8. The van der Waals surface area contributed by atoms with Gasteiger partial charge in [0.1, 0.15) is 0 Å². The van der Waals surface area contributed by atoms with Crippen molar-refractivity contribution in [3.8, 4) is 0 Å². The van der Waals surface area contributed by atoms with Crippen LogP contribution in [0.2, 0.25) is 0 Å². The number of nitrogens with one attached hydrogen (secondary N) is 2. The molecule has 2 fully saturated rings. The molecule has 1 aliphatic heterocycles. The summed E-state index contributed by atoms with van der Waals surface area (Å²) >= 11 is 0. The largest absolute Gasteiger partial charge is 0.356 e. The molecule has 3 aliphatic rings. The summed E-state index contributed by atoms with van der Waals surface area (Å²) in [4.78, 5) is 7.02. The minimum Gasteiger partial charge on any atom is -0.356 e. The van der Waals surface area contributed by atoms with Crippen LogP contribution >= 0.6 is 24.0 Å². The van der Waals surface area contributed by atoms with Gasteiger partial charge in [0, 0.05) is 38.8 Å². The van der Waals surface area contributed by atoms with E-state index in [0.717, 1.165) is 36.8 Å². The average molecular weight is 468 g/mol. The summed E-state index contributed by atoms with van der Waals surface area (Å²) < 4.78 is 0. The van der Waals surface area contributed by atoms with E-state index in [0.29, 0.717) is 18.0 Å². The molecular formula is C21H33IN4. The first-order chi connectivity index (χ1) is 12.1. The van der Waals surface area contributed by atoms with Crippen LogP contribution in [0.4, 0.5) is 0 Å². The van der Waals surface area contributed by atoms with Gasteiger partial charge in [0.2, 0.25) is 0 Å². The second-order valence-electron chi connectivity index (χ2n) is 8.49. The molecule has 0 aromatic heterocycles. The van der Waals surface area contributed by atoms with E-state index in [4.69, 9.17) is 0 Å². The fourth-order valence-electron chi connectivity index (χ4n) is 4.96. The molecule has 26 heavy (non-hydrogen) atoms. The molecule has 0 bridgehead atoms. The predicted octanol–water partition coefficient (Wildman–Crippen LogP) is 3.08. The van der Waals surface area contributed by atoms with Gasteiger partial charge in [-0.25, -0.2) is 0 Å². The maximum absolute atomic E-state index is 4.47. The Balaban J connectivity index is 0.00000196. The van der Waals surface area contributed by atoms with E-state index in [1.54, 1.807) is 11.1 Å². The monoisotopic (exact) mass is 468 g/mol. The van der Waals surface area contributed by atoms with Gasteiger partial charge in [-0.1, -0.05) is 31.2 Å². The highest BCUT2D eigenvalue weighted by atomic mass is 127. The van der Waals surface area contributed by atoms with Crippen LogP contribution in [0.1, 0.15) is 37.8 Å². The quantitative estimate of drug-likeness (QED) is 0.406.